The number of fused-ring (bicyclic) bond motifs is 1. The van der Waals surface area contributed by atoms with E-state index >= 15 is 0 Å². The summed E-state index contributed by atoms with van der Waals surface area (Å²) in [7, 11) is 0. The van der Waals surface area contributed by atoms with Gasteiger partial charge in [0.25, 0.3) is 0 Å². The standard InChI is InChI=1S/C14H20N2O5S/c1-3-4-5-20-14(19)11-9(6-21-8(2)17)7-22-13-10(15)12(18)16(11)13/h10,13H,3-7,15H2,1-2H3/t10-,13-/m1/s1. The molecule has 0 aromatic rings. The van der Waals surface area contributed by atoms with Crippen molar-refractivity contribution in [3.63, 3.8) is 0 Å². The van der Waals surface area contributed by atoms with E-state index in [0.717, 1.165) is 12.8 Å². The highest BCUT2D eigenvalue weighted by Gasteiger charge is 2.52. The smallest absolute Gasteiger partial charge is 0.355 e. The van der Waals surface area contributed by atoms with Crippen LogP contribution in [0.3, 0.4) is 0 Å². The molecule has 2 aliphatic rings. The summed E-state index contributed by atoms with van der Waals surface area (Å²) < 4.78 is 10.2. The zero-order chi connectivity index (χ0) is 16.3. The van der Waals surface area contributed by atoms with E-state index in [1.807, 2.05) is 6.92 Å². The third-order valence-electron chi connectivity index (χ3n) is 3.46. The first-order chi connectivity index (χ1) is 10.5. The Bertz CT molecular complexity index is 519. The molecule has 1 fully saturated rings. The van der Waals surface area contributed by atoms with E-state index in [-0.39, 0.29) is 23.6 Å². The number of nitrogens with zero attached hydrogens (tertiary/aromatic N) is 1. The Morgan fingerprint density at radius 2 is 2.14 bits per heavy atom. The van der Waals surface area contributed by atoms with Crippen LogP contribution in [0.15, 0.2) is 11.3 Å². The number of rotatable bonds is 6. The number of β-lactam (4-membered cyclic amide) rings is 1. The van der Waals surface area contributed by atoms with E-state index < -0.39 is 18.0 Å². The molecular weight excluding hydrogens is 308 g/mol. The maximum atomic E-state index is 12.3. The number of carbonyl (C=O) groups excluding carboxylic acids is 3. The molecule has 0 saturated carbocycles. The second kappa shape index (κ2) is 7.15. The molecule has 7 nitrogen and oxygen atoms in total. The molecule has 0 aliphatic carbocycles. The fourth-order valence-corrected chi connectivity index (χ4v) is 3.52. The van der Waals surface area contributed by atoms with Crippen molar-refractivity contribution in [1.82, 2.24) is 4.90 Å². The quantitative estimate of drug-likeness (QED) is 0.428. The zero-order valence-corrected chi connectivity index (χ0v) is 13.5. The van der Waals surface area contributed by atoms with Gasteiger partial charge in [-0.2, -0.15) is 0 Å². The minimum Gasteiger partial charge on any atom is -0.461 e. The Balaban J connectivity index is 2.18. The van der Waals surface area contributed by atoms with Gasteiger partial charge in [0.15, 0.2) is 0 Å². The fraction of sp³-hybridized carbons (Fsp3) is 0.643. The molecule has 2 aliphatic heterocycles. The van der Waals surface area contributed by atoms with Gasteiger partial charge in [-0.3, -0.25) is 14.5 Å². The Labute approximate surface area is 133 Å². The number of nitrogens with two attached hydrogens (primary N) is 1. The van der Waals surface area contributed by atoms with Gasteiger partial charge in [-0.25, -0.2) is 4.79 Å². The van der Waals surface area contributed by atoms with Crippen LogP contribution in [0.1, 0.15) is 26.7 Å². The molecular formula is C14H20N2O5S. The monoisotopic (exact) mass is 328 g/mol. The van der Waals surface area contributed by atoms with Gasteiger partial charge < -0.3 is 15.2 Å². The summed E-state index contributed by atoms with van der Waals surface area (Å²) in [6.07, 6.45) is 1.66. The largest absolute Gasteiger partial charge is 0.461 e. The SMILES string of the molecule is CCCCOC(=O)C1=C(COC(C)=O)CS[C@@H]2[C@H](N)C(=O)N12. The summed E-state index contributed by atoms with van der Waals surface area (Å²) >= 11 is 1.46. The summed E-state index contributed by atoms with van der Waals surface area (Å²) in [6.45, 7) is 3.56. The topological polar surface area (TPSA) is 98.9 Å². The molecule has 0 unspecified atom stereocenters. The molecule has 1 saturated heterocycles. The number of hydrogen-bond donors (Lipinski definition) is 1. The van der Waals surface area contributed by atoms with Gasteiger partial charge in [0.05, 0.1) is 6.61 Å². The molecule has 0 aromatic carbocycles. The van der Waals surface area contributed by atoms with Gasteiger partial charge in [-0.15, -0.1) is 11.8 Å². The Hall–Kier alpha value is -1.54. The summed E-state index contributed by atoms with van der Waals surface area (Å²) in [5.41, 5.74) is 6.53. The highest BCUT2D eigenvalue weighted by atomic mass is 32.2. The number of amides is 1. The van der Waals surface area contributed by atoms with E-state index in [0.29, 0.717) is 17.9 Å². The summed E-state index contributed by atoms with van der Waals surface area (Å²) in [6, 6.07) is -0.598. The molecule has 22 heavy (non-hydrogen) atoms. The molecule has 2 atom stereocenters. The maximum absolute atomic E-state index is 12.3. The number of thioether (sulfide) groups is 1. The number of unbranched alkanes of at least 4 members (excludes halogenated alkanes) is 1. The lowest BCUT2D eigenvalue weighted by Crippen LogP contribution is -2.68. The highest BCUT2D eigenvalue weighted by Crippen LogP contribution is 2.39. The fourth-order valence-electron chi connectivity index (χ4n) is 2.25. The molecule has 8 heteroatoms. The van der Waals surface area contributed by atoms with Crippen molar-refractivity contribution in [1.29, 1.82) is 0 Å². The Morgan fingerprint density at radius 3 is 2.77 bits per heavy atom. The summed E-state index contributed by atoms with van der Waals surface area (Å²) in [4.78, 5) is 36.6. The molecule has 1 amide bonds. The van der Waals surface area contributed by atoms with Crippen LogP contribution >= 0.6 is 11.8 Å². The van der Waals surface area contributed by atoms with Crippen LogP contribution in [0.25, 0.3) is 0 Å². The summed E-state index contributed by atoms with van der Waals surface area (Å²) in [5, 5.41) is -0.248. The van der Waals surface area contributed by atoms with Crippen molar-refractivity contribution in [2.75, 3.05) is 19.0 Å². The number of carbonyl (C=O) groups is 3. The molecule has 122 valence electrons. The van der Waals surface area contributed by atoms with Crippen LogP contribution in [-0.4, -0.2) is 53.1 Å². The van der Waals surface area contributed by atoms with Gasteiger partial charge in [-0.1, -0.05) is 13.3 Å². The van der Waals surface area contributed by atoms with Crippen LogP contribution in [0, 0.1) is 0 Å². The second-order valence-electron chi connectivity index (χ2n) is 5.16. The van der Waals surface area contributed by atoms with Crippen molar-refractivity contribution >= 4 is 29.6 Å². The van der Waals surface area contributed by atoms with Crippen LogP contribution in [0.4, 0.5) is 0 Å². The maximum Gasteiger partial charge on any atom is 0.355 e. The minimum atomic E-state index is -0.598. The van der Waals surface area contributed by atoms with Gasteiger partial charge in [0, 0.05) is 18.2 Å². The molecule has 2 heterocycles. The molecule has 0 radical (unpaired) electrons. The molecule has 0 aromatic heterocycles. The van der Waals surface area contributed by atoms with E-state index in [1.54, 1.807) is 0 Å². The van der Waals surface area contributed by atoms with E-state index in [9.17, 15) is 14.4 Å². The number of esters is 2. The van der Waals surface area contributed by atoms with Crippen molar-refractivity contribution in [3.8, 4) is 0 Å². The molecule has 0 bridgehead atoms. The predicted molar refractivity (Wildman–Crippen MR) is 80.6 cm³/mol. The Morgan fingerprint density at radius 1 is 1.41 bits per heavy atom. The highest BCUT2D eigenvalue weighted by molar-refractivity contribution is 8.00. The van der Waals surface area contributed by atoms with Crippen LogP contribution < -0.4 is 5.73 Å². The van der Waals surface area contributed by atoms with Crippen molar-refractivity contribution in [2.24, 2.45) is 5.73 Å². The van der Waals surface area contributed by atoms with Gasteiger partial charge in [0.1, 0.15) is 23.7 Å². The first-order valence-corrected chi connectivity index (χ1v) is 8.25. The predicted octanol–water partition coefficient (Wildman–Crippen LogP) is 0.389. The van der Waals surface area contributed by atoms with Gasteiger partial charge in [-0.05, 0) is 6.42 Å². The van der Waals surface area contributed by atoms with Crippen molar-refractivity contribution in [3.05, 3.63) is 11.3 Å². The van der Waals surface area contributed by atoms with E-state index in [4.69, 9.17) is 15.2 Å². The second-order valence-corrected chi connectivity index (χ2v) is 6.26. The number of ether oxygens (including phenoxy) is 2. The summed E-state index contributed by atoms with van der Waals surface area (Å²) in [5.74, 6) is -0.820. The van der Waals surface area contributed by atoms with Crippen molar-refractivity contribution in [2.45, 2.75) is 38.1 Å². The first kappa shape index (κ1) is 16.8. The van der Waals surface area contributed by atoms with Crippen LogP contribution in [0.2, 0.25) is 0 Å². The average molecular weight is 328 g/mol. The van der Waals surface area contributed by atoms with Crippen LogP contribution in [0.5, 0.6) is 0 Å². The average Bonchev–Trinajstić information content (AvgIpc) is 2.51. The normalized spacial score (nSPS) is 23.8. The van der Waals surface area contributed by atoms with Crippen LogP contribution in [-0.2, 0) is 23.9 Å². The Kier molecular flexibility index (Phi) is 5.47. The lowest BCUT2D eigenvalue weighted by Gasteiger charge is -2.48. The van der Waals surface area contributed by atoms with Gasteiger partial charge >= 0.3 is 11.9 Å². The van der Waals surface area contributed by atoms with Crippen molar-refractivity contribution < 1.29 is 23.9 Å². The first-order valence-electron chi connectivity index (χ1n) is 7.20. The third-order valence-corrected chi connectivity index (χ3v) is 4.82. The lowest BCUT2D eigenvalue weighted by molar-refractivity contribution is -0.151. The molecule has 2 N–H and O–H groups in total. The molecule has 2 rings (SSSR count). The molecule has 0 spiro atoms. The zero-order valence-electron chi connectivity index (χ0n) is 12.7. The van der Waals surface area contributed by atoms with Gasteiger partial charge in [0.2, 0.25) is 5.91 Å². The minimum absolute atomic E-state index is 0.0215. The van der Waals surface area contributed by atoms with E-state index in [1.165, 1.54) is 23.6 Å². The van der Waals surface area contributed by atoms with E-state index in [2.05, 4.69) is 0 Å². The lowest BCUT2D eigenvalue weighted by atomic mass is 10.0. The number of hydrogen-bond acceptors (Lipinski definition) is 7. The third kappa shape index (κ3) is 3.27.